The van der Waals surface area contributed by atoms with Crippen molar-refractivity contribution in [3.8, 4) is 0 Å². The number of rotatable bonds is 28. The fourth-order valence-electron chi connectivity index (χ4n) is 5.33. The summed E-state index contributed by atoms with van der Waals surface area (Å²) in [6, 6.07) is -3.35. The Morgan fingerprint density at radius 3 is 1.53 bits per heavy atom. The predicted molar refractivity (Wildman–Crippen MR) is 205 cm³/mol. The van der Waals surface area contributed by atoms with E-state index in [2.05, 4.69) is 50.2 Å². The van der Waals surface area contributed by atoms with E-state index in [1.165, 1.54) is 6.42 Å². The summed E-state index contributed by atoms with van der Waals surface area (Å²) in [5.74, 6) is -3.40. The number of nitrogens with one attached hydrogen (secondary N) is 7. The van der Waals surface area contributed by atoms with Gasteiger partial charge < -0.3 is 42.3 Å². The number of hydrogen-bond donors (Lipinski definition) is 8. The Morgan fingerprint density at radius 2 is 1.02 bits per heavy atom. The van der Waals surface area contributed by atoms with E-state index in [0.29, 0.717) is 19.3 Å². The van der Waals surface area contributed by atoms with E-state index in [9.17, 15) is 38.7 Å². The van der Waals surface area contributed by atoms with Crippen LogP contribution in [0.4, 0.5) is 0 Å². The van der Waals surface area contributed by atoms with Gasteiger partial charge in [-0.3, -0.25) is 33.6 Å². The third-order valence-electron chi connectivity index (χ3n) is 8.08. The molecule has 0 fully saturated rings. The minimum absolute atomic E-state index is 0.00588. The van der Waals surface area contributed by atoms with Crippen molar-refractivity contribution >= 4 is 41.4 Å². The Labute approximate surface area is 316 Å². The van der Waals surface area contributed by atoms with Crippen LogP contribution >= 0.6 is 0 Å². The molecule has 0 saturated carbocycles. The van der Waals surface area contributed by atoms with Crippen LogP contribution in [0.25, 0.3) is 0 Å². The van der Waals surface area contributed by atoms with Crippen LogP contribution in [-0.2, 0) is 33.6 Å². The average molecular weight is 752 g/mol. The molecule has 0 radical (unpaired) electrons. The third kappa shape index (κ3) is 24.8. The van der Waals surface area contributed by atoms with Crippen LogP contribution in [0.1, 0.15) is 120 Å². The molecule has 0 rings (SSSR count). The molecule has 7 amide bonds. The van der Waals surface area contributed by atoms with Gasteiger partial charge in [-0.25, -0.2) is 0 Å². The molecule has 0 aromatic rings. The third-order valence-corrected chi connectivity index (χ3v) is 8.08. The lowest BCUT2D eigenvalue weighted by molar-refractivity contribution is -0.133. The van der Waals surface area contributed by atoms with E-state index in [1.54, 1.807) is 6.92 Å². The predicted octanol–water partition coefficient (Wildman–Crippen LogP) is 1.73. The summed E-state index contributed by atoms with van der Waals surface area (Å²) < 4.78 is 0. The molecule has 0 aromatic heterocycles. The van der Waals surface area contributed by atoms with Crippen molar-refractivity contribution in [1.29, 1.82) is 0 Å². The highest BCUT2D eigenvalue weighted by Gasteiger charge is 2.28. The highest BCUT2D eigenvalue weighted by Crippen LogP contribution is 2.09. The molecule has 0 spiro atoms. The molecule has 0 aromatic carbocycles. The van der Waals surface area contributed by atoms with Gasteiger partial charge in [-0.05, 0) is 62.7 Å². The molecular formula is C38H69N7O8. The number of hydrogen-bond acceptors (Lipinski definition) is 8. The molecule has 0 bridgehead atoms. The van der Waals surface area contributed by atoms with Crippen LogP contribution in [-0.4, -0.2) is 96.9 Å². The molecule has 0 saturated heterocycles. The smallest absolute Gasteiger partial charge is 0.243 e. The van der Waals surface area contributed by atoms with Crippen molar-refractivity contribution in [2.75, 3.05) is 26.2 Å². The highest BCUT2D eigenvalue weighted by atomic mass is 16.3. The maximum absolute atomic E-state index is 13.2. The number of aliphatic hydroxyl groups excluding tert-OH is 1. The van der Waals surface area contributed by atoms with E-state index < -0.39 is 72.7 Å². The summed E-state index contributed by atoms with van der Waals surface area (Å²) >= 11 is 0. The SMILES string of the molecule is CCCCC/C=C\CCC(=O)NCC(=O)NCC(=O)NC(CC(C)C)C(=O)NC(CC)C(=O)NCC(=O)NC(CC(C)C)C(=O)NC(CO)CC(C)C. The molecule has 15 nitrogen and oxygen atoms in total. The Balaban J connectivity index is 5.01. The molecule has 0 aliphatic carbocycles. The van der Waals surface area contributed by atoms with Gasteiger partial charge in [0.2, 0.25) is 41.4 Å². The number of carbonyl (C=O) groups excluding carboxylic acids is 7. The minimum atomic E-state index is -1.02. The molecule has 0 aliphatic heterocycles. The fourth-order valence-corrected chi connectivity index (χ4v) is 5.33. The van der Waals surface area contributed by atoms with E-state index in [-0.39, 0.29) is 56.1 Å². The maximum atomic E-state index is 13.2. The van der Waals surface area contributed by atoms with Crippen LogP contribution in [0.5, 0.6) is 0 Å². The van der Waals surface area contributed by atoms with Gasteiger partial charge in [-0.15, -0.1) is 0 Å². The largest absolute Gasteiger partial charge is 0.394 e. The molecule has 8 N–H and O–H groups in total. The van der Waals surface area contributed by atoms with Crippen molar-refractivity contribution in [3.63, 3.8) is 0 Å². The summed E-state index contributed by atoms with van der Waals surface area (Å²) in [6.07, 6.45) is 10.6. The quantitative estimate of drug-likeness (QED) is 0.0433. The number of unbranched alkanes of at least 4 members (excludes halogenated alkanes) is 3. The minimum Gasteiger partial charge on any atom is -0.394 e. The average Bonchev–Trinajstić information content (AvgIpc) is 3.08. The van der Waals surface area contributed by atoms with Gasteiger partial charge in [0.05, 0.1) is 32.3 Å². The van der Waals surface area contributed by atoms with Crippen molar-refractivity contribution in [1.82, 2.24) is 37.2 Å². The summed E-state index contributed by atoms with van der Waals surface area (Å²) in [5.41, 5.74) is 0. The van der Waals surface area contributed by atoms with Gasteiger partial charge >= 0.3 is 0 Å². The molecule has 53 heavy (non-hydrogen) atoms. The zero-order valence-electron chi connectivity index (χ0n) is 33.4. The molecular weight excluding hydrogens is 682 g/mol. The lowest BCUT2D eigenvalue weighted by Gasteiger charge is -2.25. The topological polar surface area (TPSA) is 224 Å². The Hall–Kier alpha value is -4.01. The maximum Gasteiger partial charge on any atom is 0.243 e. The van der Waals surface area contributed by atoms with Gasteiger partial charge in [-0.1, -0.05) is 80.4 Å². The Bertz CT molecular complexity index is 1180. The first kappa shape index (κ1) is 49.0. The molecule has 0 heterocycles. The van der Waals surface area contributed by atoms with Crippen molar-refractivity contribution in [2.45, 2.75) is 144 Å². The van der Waals surface area contributed by atoms with Crippen LogP contribution in [0.2, 0.25) is 0 Å². The normalized spacial score (nSPS) is 13.6. The van der Waals surface area contributed by atoms with Gasteiger partial charge in [0.15, 0.2) is 0 Å². The molecule has 304 valence electrons. The summed E-state index contributed by atoms with van der Waals surface area (Å²) in [7, 11) is 0. The second kappa shape index (κ2) is 28.5. The number of allylic oxidation sites excluding steroid dienone is 2. The summed E-state index contributed by atoms with van der Waals surface area (Å²) in [4.78, 5) is 88.9. The van der Waals surface area contributed by atoms with Gasteiger partial charge in [0, 0.05) is 6.42 Å². The lowest BCUT2D eigenvalue weighted by atomic mass is 10.0. The first-order chi connectivity index (χ1) is 25.0. The lowest BCUT2D eigenvalue weighted by Crippen LogP contribution is -2.56. The number of aliphatic hydroxyl groups is 1. The molecule has 0 aliphatic rings. The van der Waals surface area contributed by atoms with Crippen LogP contribution < -0.4 is 37.2 Å². The van der Waals surface area contributed by atoms with Crippen LogP contribution in [0.3, 0.4) is 0 Å². The van der Waals surface area contributed by atoms with Crippen LogP contribution in [0.15, 0.2) is 12.2 Å². The monoisotopic (exact) mass is 752 g/mol. The molecule has 4 atom stereocenters. The van der Waals surface area contributed by atoms with Crippen LogP contribution in [0, 0.1) is 17.8 Å². The molecule has 15 heteroatoms. The van der Waals surface area contributed by atoms with E-state index in [0.717, 1.165) is 19.3 Å². The summed E-state index contributed by atoms with van der Waals surface area (Å²) in [5, 5.41) is 27.8. The standard InChI is InChI=1S/C38H69N7O8/c1-9-11-12-13-14-15-16-17-32(47)39-21-33(48)40-22-34(49)44-31(20-27(7)8)38(53)45-29(10-2)36(51)41-23-35(50)43-30(19-26(5)6)37(52)42-28(24-46)18-25(3)4/h14-15,25-31,46H,9-13,16-24H2,1-8H3,(H,39,47)(H,40,48)(H,41,51)(H,42,52)(H,43,50)(H,44,49)(H,45,53)/b15-14-. The van der Waals surface area contributed by atoms with Crippen molar-refractivity contribution < 1.29 is 38.7 Å². The van der Waals surface area contributed by atoms with Crippen molar-refractivity contribution in [2.24, 2.45) is 17.8 Å². The van der Waals surface area contributed by atoms with E-state index in [4.69, 9.17) is 0 Å². The second-order valence-electron chi connectivity index (χ2n) is 14.8. The van der Waals surface area contributed by atoms with Gasteiger partial charge in [0.25, 0.3) is 0 Å². The molecule has 4 unspecified atom stereocenters. The zero-order chi connectivity index (χ0) is 40.3. The second-order valence-corrected chi connectivity index (χ2v) is 14.8. The summed E-state index contributed by atoms with van der Waals surface area (Å²) in [6.45, 7) is 13.9. The van der Waals surface area contributed by atoms with Gasteiger partial charge in [0.1, 0.15) is 18.1 Å². The fraction of sp³-hybridized carbons (Fsp3) is 0.763. The first-order valence-electron chi connectivity index (χ1n) is 19.3. The van der Waals surface area contributed by atoms with E-state index in [1.807, 2.05) is 47.6 Å². The van der Waals surface area contributed by atoms with E-state index >= 15 is 0 Å². The number of amides is 7. The Morgan fingerprint density at radius 1 is 0.528 bits per heavy atom. The highest BCUT2D eigenvalue weighted by molar-refractivity contribution is 5.95. The van der Waals surface area contributed by atoms with Gasteiger partial charge in [-0.2, -0.15) is 0 Å². The number of carbonyl (C=O) groups is 7. The first-order valence-corrected chi connectivity index (χ1v) is 19.3. The zero-order valence-corrected chi connectivity index (χ0v) is 33.4. The van der Waals surface area contributed by atoms with Crippen molar-refractivity contribution in [3.05, 3.63) is 12.2 Å². The Kier molecular flexibility index (Phi) is 26.3.